The first kappa shape index (κ1) is 30.7. The first-order valence-electron chi connectivity index (χ1n) is 14.5. The van der Waals surface area contributed by atoms with Gasteiger partial charge in [-0.15, -0.1) is 0 Å². The zero-order chi connectivity index (χ0) is 31.1. The van der Waals surface area contributed by atoms with Gasteiger partial charge in [0.25, 0.3) is 10.0 Å². The summed E-state index contributed by atoms with van der Waals surface area (Å²) in [5.41, 5.74) is 5.63. The molecule has 5 rings (SSSR count). The van der Waals surface area contributed by atoms with Crippen molar-refractivity contribution in [3.05, 3.63) is 94.4 Å². The van der Waals surface area contributed by atoms with E-state index >= 15 is 0 Å². The molecular formula is C33H38N4O4SSi. The summed E-state index contributed by atoms with van der Waals surface area (Å²) in [7, 11) is -5.20. The van der Waals surface area contributed by atoms with Gasteiger partial charge in [-0.1, -0.05) is 50.3 Å². The molecule has 0 radical (unpaired) electrons. The molecule has 0 saturated heterocycles. The van der Waals surface area contributed by atoms with E-state index in [1.54, 1.807) is 54.7 Å². The average Bonchev–Trinajstić information content (AvgIpc) is 3.57. The number of hydrogen-bond acceptors (Lipinski definition) is 6. The van der Waals surface area contributed by atoms with Gasteiger partial charge < -0.3 is 14.4 Å². The highest BCUT2D eigenvalue weighted by molar-refractivity contribution is 7.90. The molecular weight excluding hydrogens is 577 g/mol. The topological polar surface area (TPSA) is 110 Å². The van der Waals surface area contributed by atoms with Crippen molar-refractivity contribution in [2.45, 2.75) is 70.6 Å². The molecule has 0 spiro atoms. The van der Waals surface area contributed by atoms with E-state index in [-0.39, 0.29) is 11.6 Å². The van der Waals surface area contributed by atoms with Gasteiger partial charge in [0.1, 0.15) is 18.7 Å². The number of aliphatic hydroxyl groups is 1. The van der Waals surface area contributed by atoms with E-state index in [0.29, 0.717) is 51.9 Å². The van der Waals surface area contributed by atoms with E-state index in [4.69, 9.17) is 9.72 Å². The van der Waals surface area contributed by atoms with Gasteiger partial charge in [0.05, 0.1) is 33.1 Å². The van der Waals surface area contributed by atoms with Crippen LogP contribution >= 0.6 is 0 Å². The van der Waals surface area contributed by atoms with Gasteiger partial charge >= 0.3 is 0 Å². The number of nitriles is 1. The van der Waals surface area contributed by atoms with E-state index in [0.717, 1.165) is 22.7 Å². The number of imidazole rings is 1. The quantitative estimate of drug-likeness (QED) is 0.139. The lowest BCUT2D eigenvalue weighted by molar-refractivity contribution is 0.0815. The molecule has 0 saturated carbocycles. The van der Waals surface area contributed by atoms with Crippen LogP contribution in [0.25, 0.3) is 21.9 Å². The average molecular weight is 615 g/mol. The monoisotopic (exact) mass is 614 g/mol. The van der Waals surface area contributed by atoms with Crippen molar-refractivity contribution in [1.29, 1.82) is 5.26 Å². The number of fused-ring (bicyclic) bond motifs is 2. The molecule has 10 heteroatoms. The second-order valence-electron chi connectivity index (χ2n) is 12.3. The normalized spacial score (nSPS) is 13.1. The Hall–Kier alpha value is -3.75. The lowest BCUT2D eigenvalue weighted by Gasteiger charge is -2.20. The number of aliphatic hydroxyl groups excluding tert-OH is 1. The molecule has 0 amide bonds. The molecule has 8 nitrogen and oxygen atoms in total. The van der Waals surface area contributed by atoms with Crippen LogP contribution < -0.4 is 0 Å². The number of benzene rings is 3. The summed E-state index contributed by atoms with van der Waals surface area (Å²) in [5, 5.41) is 22.3. The fourth-order valence-corrected chi connectivity index (χ4v) is 7.62. The summed E-state index contributed by atoms with van der Waals surface area (Å²) in [6, 6.07) is 18.9. The number of nitrogens with zero attached hydrogens (tertiary/aromatic N) is 4. The van der Waals surface area contributed by atoms with Crippen LogP contribution in [0.2, 0.25) is 25.7 Å². The molecule has 1 unspecified atom stereocenters. The number of aryl methyl sites for hydroxylation is 3. The summed E-state index contributed by atoms with van der Waals surface area (Å²) in [4.78, 5) is 5.01. The van der Waals surface area contributed by atoms with Crippen molar-refractivity contribution in [2.24, 2.45) is 0 Å². The van der Waals surface area contributed by atoms with E-state index in [1.807, 2.05) is 31.4 Å². The third kappa shape index (κ3) is 5.91. The van der Waals surface area contributed by atoms with Gasteiger partial charge in [-0.2, -0.15) is 5.26 Å². The van der Waals surface area contributed by atoms with Crippen molar-refractivity contribution in [1.82, 2.24) is 13.5 Å². The van der Waals surface area contributed by atoms with Crippen LogP contribution in [0.1, 0.15) is 46.7 Å². The highest BCUT2D eigenvalue weighted by Gasteiger charge is 2.28. The Morgan fingerprint density at radius 1 is 1.07 bits per heavy atom. The predicted molar refractivity (Wildman–Crippen MR) is 172 cm³/mol. The van der Waals surface area contributed by atoms with Crippen LogP contribution in [-0.2, 0) is 27.9 Å². The first-order valence-corrected chi connectivity index (χ1v) is 19.6. The maximum Gasteiger partial charge on any atom is 0.268 e. The van der Waals surface area contributed by atoms with Crippen molar-refractivity contribution in [2.75, 3.05) is 6.61 Å². The van der Waals surface area contributed by atoms with Crippen molar-refractivity contribution < 1.29 is 18.3 Å². The van der Waals surface area contributed by atoms with Crippen LogP contribution in [0, 0.1) is 25.2 Å². The van der Waals surface area contributed by atoms with Crippen LogP contribution in [0.4, 0.5) is 0 Å². The van der Waals surface area contributed by atoms with Gasteiger partial charge in [0, 0.05) is 31.8 Å². The number of hydrogen-bond donors (Lipinski definition) is 1. The van der Waals surface area contributed by atoms with E-state index in [9.17, 15) is 18.8 Å². The molecule has 0 aliphatic rings. The second kappa shape index (κ2) is 11.7. The largest absolute Gasteiger partial charge is 0.380 e. The second-order valence-corrected chi connectivity index (χ2v) is 19.7. The highest BCUT2D eigenvalue weighted by atomic mass is 32.2. The molecule has 3 aromatic carbocycles. The van der Waals surface area contributed by atoms with E-state index in [1.165, 1.54) is 3.97 Å². The van der Waals surface area contributed by atoms with Crippen LogP contribution in [0.5, 0.6) is 0 Å². The van der Waals surface area contributed by atoms with Gasteiger partial charge in [-0.25, -0.2) is 17.4 Å². The SMILES string of the molecule is CCc1cc(C)c2c(ccn2S(=O)(=O)c2ccc(C)cc2)c1C(O)c1nc2ccc(C#N)cc2n1COCC[Si](C)(C)C. The molecule has 2 heterocycles. The Labute approximate surface area is 254 Å². The van der Waals surface area contributed by atoms with Gasteiger partial charge in [-0.05, 0) is 73.8 Å². The van der Waals surface area contributed by atoms with Crippen LogP contribution in [0.3, 0.4) is 0 Å². The summed E-state index contributed by atoms with van der Waals surface area (Å²) < 4.78 is 36.8. The van der Waals surface area contributed by atoms with Crippen LogP contribution in [0.15, 0.2) is 65.7 Å². The maximum absolute atomic E-state index is 13.8. The van der Waals surface area contributed by atoms with Gasteiger partial charge in [0.2, 0.25) is 0 Å². The predicted octanol–water partition coefficient (Wildman–Crippen LogP) is 6.67. The number of rotatable bonds is 10. The van der Waals surface area contributed by atoms with Crippen LogP contribution in [-0.4, -0.2) is 41.7 Å². The van der Waals surface area contributed by atoms with E-state index < -0.39 is 24.2 Å². The van der Waals surface area contributed by atoms with Crippen molar-refractivity contribution in [3.8, 4) is 6.07 Å². The molecule has 1 atom stereocenters. The minimum Gasteiger partial charge on any atom is -0.380 e. The summed E-state index contributed by atoms with van der Waals surface area (Å²) >= 11 is 0. The Morgan fingerprint density at radius 2 is 1.79 bits per heavy atom. The minimum absolute atomic E-state index is 0.168. The van der Waals surface area contributed by atoms with E-state index in [2.05, 4.69) is 25.7 Å². The molecule has 0 aliphatic heterocycles. The van der Waals surface area contributed by atoms with Gasteiger partial charge in [-0.3, -0.25) is 0 Å². The standard InChI is InChI=1S/C33H38N4O4SSi/c1-7-25-18-23(3)31-27(14-15-37(31)42(39,40)26-11-8-22(2)9-12-26)30(25)32(38)33-35-28-13-10-24(20-34)19-29(28)36(33)21-41-16-17-43(4,5)6/h8-15,18-19,32,38H,7,16-17,21H2,1-6H3. The smallest absolute Gasteiger partial charge is 0.268 e. The molecule has 43 heavy (non-hydrogen) atoms. The Kier molecular flexibility index (Phi) is 8.38. The molecule has 0 aliphatic carbocycles. The highest BCUT2D eigenvalue weighted by Crippen LogP contribution is 2.37. The lowest BCUT2D eigenvalue weighted by Crippen LogP contribution is -2.22. The Balaban J connectivity index is 1.66. The fraction of sp³-hybridized carbons (Fsp3) is 0.333. The summed E-state index contributed by atoms with van der Waals surface area (Å²) in [5.74, 6) is 0.382. The molecule has 5 aromatic rings. The maximum atomic E-state index is 13.8. The number of ether oxygens (including phenoxy) is 1. The summed E-state index contributed by atoms with van der Waals surface area (Å²) in [6.07, 6.45) is 1.02. The molecule has 224 valence electrons. The third-order valence-corrected chi connectivity index (χ3v) is 11.2. The van der Waals surface area contributed by atoms with Crippen molar-refractivity contribution in [3.63, 3.8) is 0 Å². The zero-order valence-electron chi connectivity index (χ0n) is 25.5. The van der Waals surface area contributed by atoms with Crippen molar-refractivity contribution >= 4 is 40.0 Å². The Morgan fingerprint density at radius 3 is 2.44 bits per heavy atom. The first-order chi connectivity index (χ1) is 20.4. The lowest BCUT2D eigenvalue weighted by atomic mass is 9.93. The number of aromatic nitrogens is 3. The summed E-state index contributed by atoms with van der Waals surface area (Å²) in [6.45, 7) is 13.4. The molecule has 0 fully saturated rings. The third-order valence-electron chi connectivity index (χ3n) is 7.85. The molecule has 1 N–H and O–H groups in total. The molecule has 0 bridgehead atoms. The minimum atomic E-state index is -3.88. The Bertz CT molecular complexity index is 1960. The fourth-order valence-electron chi connectivity index (χ4n) is 5.46. The molecule has 2 aromatic heterocycles. The zero-order valence-corrected chi connectivity index (χ0v) is 27.4. The van der Waals surface area contributed by atoms with Gasteiger partial charge in [0.15, 0.2) is 0 Å².